The number of ketones is 1. The lowest BCUT2D eigenvalue weighted by atomic mass is 10.0. The molecule has 0 bridgehead atoms. The molecule has 6 heteroatoms. The Labute approximate surface area is 120 Å². The number of aromatic nitrogens is 5. The van der Waals surface area contributed by atoms with Crippen LogP contribution in [0.1, 0.15) is 35.5 Å². The second kappa shape index (κ2) is 4.18. The van der Waals surface area contributed by atoms with E-state index in [-0.39, 0.29) is 5.78 Å². The summed E-state index contributed by atoms with van der Waals surface area (Å²) in [6, 6.07) is 7.56. The summed E-state index contributed by atoms with van der Waals surface area (Å²) in [6.07, 6.45) is 0.728. The fourth-order valence-electron chi connectivity index (χ4n) is 2.86. The first-order chi connectivity index (χ1) is 10.2. The van der Waals surface area contributed by atoms with Crippen LogP contribution in [-0.4, -0.2) is 30.8 Å². The van der Waals surface area contributed by atoms with Gasteiger partial charge in [-0.05, 0) is 22.8 Å². The number of nitrogens with zero attached hydrogens (tertiary/aromatic N) is 5. The molecule has 2 aromatic heterocycles. The molecule has 0 N–H and O–H groups in total. The maximum Gasteiger partial charge on any atom is 0.274 e. The standard InChI is InChI=1S/C15H13N5O/c1-8(2)7-11-12-13(20-15(16-11)17-18-19-20)9-5-3-4-6-10(9)14(12)21/h3-6,8H,7H2,1-2H3. The molecule has 104 valence electrons. The van der Waals surface area contributed by atoms with Crippen LogP contribution in [-0.2, 0) is 6.42 Å². The van der Waals surface area contributed by atoms with E-state index in [1.54, 1.807) is 4.52 Å². The van der Waals surface area contributed by atoms with Crippen molar-refractivity contribution in [3.05, 3.63) is 41.1 Å². The number of carbonyl (C=O) groups excluding carboxylic acids is 1. The molecule has 4 rings (SSSR count). The smallest absolute Gasteiger partial charge is 0.274 e. The van der Waals surface area contributed by atoms with E-state index in [0.29, 0.717) is 22.8 Å². The van der Waals surface area contributed by atoms with Gasteiger partial charge in [-0.2, -0.15) is 4.52 Å². The number of fused-ring (bicyclic) bond motifs is 5. The molecular formula is C15H13N5O. The SMILES string of the molecule is CC(C)Cc1nc2nnnn2c2c1C(=O)c1ccccc1-2. The van der Waals surface area contributed by atoms with E-state index >= 15 is 0 Å². The second-order valence-electron chi connectivity index (χ2n) is 5.65. The predicted molar refractivity (Wildman–Crippen MR) is 76.0 cm³/mol. The molecule has 0 atom stereocenters. The minimum absolute atomic E-state index is 0.0150. The number of benzene rings is 1. The van der Waals surface area contributed by atoms with Gasteiger partial charge >= 0.3 is 0 Å². The molecule has 1 aliphatic carbocycles. The Bertz CT molecular complexity index is 881. The van der Waals surface area contributed by atoms with Crippen molar-refractivity contribution in [1.82, 2.24) is 25.0 Å². The molecule has 0 fully saturated rings. The number of hydrogen-bond acceptors (Lipinski definition) is 5. The number of carbonyl (C=O) groups is 1. The van der Waals surface area contributed by atoms with E-state index in [0.717, 1.165) is 23.4 Å². The van der Waals surface area contributed by atoms with Gasteiger partial charge in [0.25, 0.3) is 5.78 Å². The normalized spacial score (nSPS) is 13.0. The van der Waals surface area contributed by atoms with Crippen LogP contribution in [0.15, 0.2) is 24.3 Å². The molecule has 2 heterocycles. The maximum absolute atomic E-state index is 12.7. The molecule has 0 unspecified atom stereocenters. The second-order valence-corrected chi connectivity index (χ2v) is 5.65. The van der Waals surface area contributed by atoms with Gasteiger partial charge in [-0.15, -0.1) is 0 Å². The van der Waals surface area contributed by atoms with Crippen LogP contribution in [0.25, 0.3) is 17.0 Å². The quantitative estimate of drug-likeness (QED) is 0.560. The van der Waals surface area contributed by atoms with Crippen molar-refractivity contribution in [3.8, 4) is 11.3 Å². The third kappa shape index (κ3) is 1.62. The highest BCUT2D eigenvalue weighted by Crippen LogP contribution is 2.37. The summed E-state index contributed by atoms with van der Waals surface area (Å²) in [5.74, 6) is 0.853. The lowest BCUT2D eigenvalue weighted by Gasteiger charge is -2.09. The average Bonchev–Trinajstić information content (AvgIpc) is 3.02. The molecule has 0 radical (unpaired) electrons. The minimum Gasteiger partial charge on any atom is -0.288 e. The van der Waals surface area contributed by atoms with E-state index in [9.17, 15) is 4.79 Å². The molecule has 6 nitrogen and oxygen atoms in total. The summed E-state index contributed by atoms with van der Waals surface area (Å²) in [7, 11) is 0. The van der Waals surface area contributed by atoms with Crippen molar-refractivity contribution in [2.45, 2.75) is 20.3 Å². The summed E-state index contributed by atoms with van der Waals surface area (Å²) >= 11 is 0. The summed E-state index contributed by atoms with van der Waals surface area (Å²) in [5.41, 5.74) is 3.76. The Hall–Kier alpha value is -2.63. The minimum atomic E-state index is 0.0150. The van der Waals surface area contributed by atoms with Crippen LogP contribution in [0, 0.1) is 5.92 Å². The van der Waals surface area contributed by atoms with Crippen molar-refractivity contribution < 1.29 is 4.79 Å². The zero-order chi connectivity index (χ0) is 14.6. The summed E-state index contributed by atoms with van der Waals surface area (Å²) in [4.78, 5) is 17.2. The number of hydrogen-bond donors (Lipinski definition) is 0. The average molecular weight is 279 g/mol. The van der Waals surface area contributed by atoms with Crippen LogP contribution >= 0.6 is 0 Å². The fourth-order valence-corrected chi connectivity index (χ4v) is 2.86. The van der Waals surface area contributed by atoms with Crippen molar-refractivity contribution >= 4 is 11.6 Å². The topological polar surface area (TPSA) is 73.0 Å². The Kier molecular flexibility index (Phi) is 2.42. The number of rotatable bonds is 2. The van der Waals surface area contributed by atoms with Crippen LogP contribution in [0.3, 0.4) is 0 Å². The van der Waals surface area contributed by atoms with E-state index in [1.165, 1.54) is 0 Å². The Morgan fingerprint density at radius 1 is 1.19 bits per heavy atom. The molecule has 0 amide bonds. The van der Waals surface area contributed by atoms with E-state index in [4.69, 9.17) is 0 Å². The molecular weight excluding hydrogens is 266 g/mol. The van der Waals surface area contributed by atoms with E-state index in [1.807, 2.05) is 24.3 Å². The third-order valence-corrected chi connectivity index (χ3v) is 3.68. The van der Waals surface area contributed by atoms with Gasteiger partial charge in [0.05, 0.1) is 17.0 Å². The van der Waals surface area contributed by atoms with Gasteiger partial charge in [-0.3, -0.25) is 4.79 Å². The van der Waals surface area contributed by atoms with Crippen LogP contribution in [0.4, 0.5) is 0 Å². The highest BCUT2D eigenvalue weighted by Gasteiger charge is 2.33. The van der Waals surface area contributed by atoms with E-state index < -0.39 is 0 Å². The molecule has 0 saturated carbocycles. The lowest BCUT2D eigenvalue weighted by molar-refractivity contribution is 0.104. The molecule has 1 aromatic carbocycles. The van der Waals surface area contributed by atoms with Gasteiger partial charge in [-0.1, -0.05) is 43.2 Å². The van der Waals surface area contributed by atoms with Crippen molar-refractivity contribution in [3.63, 3.8) is 0 Å². The fraction of sp³-hybridized carbons (Fsp3) is 0.267. The number of tetrazole rings is 1. The molecule has 0 aliphatic heterocycles. The molecule has 1 aliphatic rings. The molecule has 3 aromatic rings. The highest BCUT2D eigenvalue weighted by atomic mass is 16.1. The summed E-state index contributed by atoms with van der Waals surface area (Å²) in [5, 5.41) is 11.6. The van der Waals surface area contributed by atoms with E-state index in [2.05, 4.69) is 34.4 Å². The summed E-state index contributed by atoms with van der Waals surface area (Å²) < 4.78 is 1.56. The van der Waals surface area contributed by atoms with Gasteiger partial charge in [0.2, 0.25) is 0 Å². The monoisotopic (exact) mass is 279 g/mol. The molecule has 0 spiro atoms. The van der Waals surface area contributed by atoms with Crippen molar-refractivity contribution in [1.29, 1.82) is 0 Å². The largest absolute Gasteiger partial charge is 0.288 e. The van der Waals surface area contributed by atoms with Crippen LogP contribution in [0.5, 0.6) is 0 Å². The Balaban J connectivity index is 2.11. The van der Waals surface area contributed by atoms with Gasteiger partial charge in [0, 0.05) is 11.1 Å². The predicted octanol–water partition coefficient (Wildman–Crippen LogP) is 1.93. The Morgan fingerprint density at radius 3 is 2.71 bits per heavy atom. The van der Waals surface area contributed by atoms with Gasteiger partial charge in [-0.25, -0.2) is 4.98 Å². The highest BCUT2D eigenvalue weighted by molar-refractivity contribution is 6.21. The van der Waals surface area contributed by atoms with Crippen molar-refractivity contribution in [2.75, 3.05) is 0 Å². The first-order valence-electron chi connectivity index (χ1n) is 6.92. The zero-order valence-electron chi connectivity index (χ0n) is 11.7. The van der Waals surface area contributed by atoms with Crippen LogP contribution < -0.4 is 0 Å². The molecule has 0 saturated heterocycles. The van der Waals surface area contributed by atoms with Gasteiger partial charge < -0.3 is 0 Å². The summed E-state index contributed by atoms with van der Waals surface area (Å²) in [6.45, 7) is 4.21. The third-order valence-electron chi connectivity index (χ3n) is 3.68. The molecule has 21 heavy (non-hydrogen) atoms. The van der Waals surface area contributed by atoms with Crippen LogP contribution in [0.2, 0.25) is 0 Å². The van der Waals surface area contributed by atoms with Gasteiger partial charge in [0.1, 0.15) is 0 Å². The lowest BCUT2D eigenvalue weighted by Crippen LogP contribution is -2.10. The van der Waals surface area contributed by atoms with Gasteiger partial charge in [0.15, 0.2) is 5.78 Å². The maximum atomic E-state index is 12.7. The first kappa shape index (κ1) is 12.1. The zero-order valence-corrected chi connectivity index (χ0v) is 11.7. The first-order valence-corrected chi connectivity index (χ1v) is 6.92. The van der Waals surface area contributed by atoms with Crippen molar-refractivity contribution in [2.24, 2.45) is 5.92 Å². The Morgan fingerprint density at radius 2 is 1.95 bits per heavy atom.